The first-order valence-electron chi connectivity index (χ1n) is 9.03. The first-order chi connectivity index (χ1) is 14.1. The molecular formula is C23H18N2O4. The van der Waals surface area contributed by atoms with Crippen LogP contribution >= 0.6 is 0 Å². The summed E-state index contributed by atoms with van der Waals surface area (Å²) in [5.74, 6) is -0.597. The molecule has 29 heavy (non-hydrogen) atoms. The van der Waals surface area contributed by atoms with Gasteiger partial charge in [-0.2, -0.15) is 0 Å². The molecule has 4 aromatic rings. The minimum Gasteiger partial charge on any atom is -0.496 e. The van der Waals surface area contributed by atoms with Crippen LogP contribution in [0.4, 0.5) is 0 Å². The summed E-state index contributed by atoms with van der Waals surface area (Å²) < 4.78 is 7.26. The van der Waals surface area contributed by atoms with E-state index >= 15 is 0 Å². The Morgan fingerprint density at radius 3 is 2.59 bits per heavy atom. The summed E-state index contributed by atoms with van der Waals surface area (Å²) in [6.45, 7) is 0. The average Bonchev–Trinajstić information content (AvgIpc) is 2.76. The number of para-hydroxylation sites is 1. The Kier molecular flexibility index (Phi) is 4.83. The van der Waals surface area contributed by atoms with Crippen LogP contribution in [0, 0.1) is 0 Å². The maximum Gasteiger partial charge on any atom is 0.335 e. The van der Waals surface area contributed by atoms with Crippen molar-refractivity contribution >= 4 is 17.0 Å². The van der Waals surface area contributed by atoms with E-state index in [4.69, 9.17) is 4.74 Å². The summed E-state index contributed by atoms with van der Waals surface area (Å²) in [5, 5.41) is 9.72. The Hall–Kier alpha value is -3.93. The molecule has 2 heterocycles. The Balaban J connectivity index is 1.88. The molecule has 0 atom stereocenters. The van der Waals surface area contributed by atoms with E-state index < -0.39 is 5.97 Å². The third-order valence-corrected chi connectivity index (χ3v) is 4.79. The van der Waals surface area contributed by atoms with Crippen molar-refractivity contribution < 1.29 is 14.6 Å². The van der Waals surface area contributed by atoms with Gasteiger partial charge in [-0.25, -0.2) is 9.78 Å². The maximum atomic E-state index is 13.1. The first-order valence-corrected chi connectivity index (χ1v) is 9.03. The van der Waals surface area contributed by atoms with E-state index in [0.29, 0.717) is 28.8 Å². The molecular weight excluding hydrogens is 368 g/mol. The molecule has 2 aromatic heterocycles. The highest BCUT2D eigenvalue weighted by atomic mass is 16.5. The molecule has 0 amide bonds. The SMILES string of the molecule is COc1cc(C(=O)O)ccc1Cc1cn(-c2ccccc2)c2ncccc2c1=O. The maximum absolute atomic E-state index is 13.1. The molecule has 0 aliphatic heterocycles. The van der Waals surface area contributed by atoms with Gasteiger partial charge in [0.2, 0.25) is 0 Å². The summed E-state index contributed by atoms with van der Waals surface area (Å²) in [6.07, 6.45) is 3.76. The monoisotopic (exact) mass is 386 g/mol. The lowest BCUT2D eigenvalue weighted by molar-refractivity contribution is 0.0696. The number of hydrogen-bond acceptors (Lipinski definition) is 4. The number of aromatic carboxylic acids is 1. The van der Waals surface area contributed by atoms with E-state index in [-0.39, 0.29) is 11.0 Å². The van der Waals surface area contributed by atoms with Gasteiger partial charge in [0, 0.05) is 30.1 Å². The molecule has 6 heteroatoms. The highest BCUT2D eigenvalue weighted by Gasteiger charge is 2.15. The molecule has 4 rings (SSSR count). The van der Waals surface area contributed by atoms with Crippen LogP contribution in [0.25, 0.3) is 16.7 Å². The molecule has 2 aromatic carbocycles. The molecule has 1 N–H and O–H groups in total. The summed E-state index contributed by atoms with van der Waals surface area (Å²) in [6, 6.07) is 17.8. The fraction of sp³-hybridized carbons (Fsp3) is 0.0870. The fourth-order valence-corrected chi connectivity index (χ4v) is 3.35. The second kappa shape index (κ2) is 7.59. The van der Waals surface area contributed by atoms with E-state index in [2.05, 4.69) is 4.98 Å². The highest BCUT2D eigenvalue weighted by molar-refractivity contribution is 5.88. The molecule has 0 saturated carbocycles. The zero-order valence-corrected chi connectivity index (χ0v) is 15.7. The number of methoxy groups -OCH3 is 1. The van der Waals surface area contributed by atoms with Crippen molar-refractivity contribution in [2.45, 2.75) is 6.42 Å². The number of carboxylic acid groups (broad SMARTS) is 1. The van der Waals surface area contributed by atoms with Crippen molar-refractivity contribution in [2.24, 2.45) is 0 Å². The second-order valence-corrected chi connectivity index (χ2v) is 6.57. The van der Waals surface area contributed by atoms with Crippen LogP contribution in [0.2, 0.25) is 0 Å². The number of aromatic nitrogens is 2. The second-order valence-electron chi connectivity index (χ2n) is 6.57. The number of ether oxygens (including phenoxy) is 1. The van der Waals surface area contributed by atoms with Gasteiger partial charge in [-0.15, -0.1) is 0 Å². The molecule has 0 bridgehead atoms. The van der Waals surface area contributed by atoms with E-state index in [1.807, 2.05) is 34.9 Å². The smallest absolute Gasteiger partial charge is 0.335 e. The number of carbonyl (C=O) groups is 1. The summed E-state index contributed by atoms with van der Waals surface area (Å²) in [5.41, 5.74) is 2.80. The van der Waals surface area contributed by atoms with Crippen molar-refractivity contribution in [1.82, 2.24) is 9.55 Å². The topological polar surface area (TPSA) is 81.4 Å². The number of rotatable bonds is 5. The average molecular weight is 386 g/mol. The van der Waals surface area contributed by atoms with E-state index in [9.17, 15) is 14.7 Å². The predicted octanol–water partition coefficient (Wildman–Crippen LogP) is 3.68. The number of nitrogens with zero attached hydrogens (tertiary/aromatic N) is 2. The molecule has 6 nitrogen and oxygen atoms in total. The van der Waals surface area contributed by atoms with E-state index in [1.165, 1.54) is 19.2 Å². The number of fused-ring (bicyclic) bond motifs is 1. The number of hydrogen-bond donors (Lipinski definition) is 1. The van der Waals surface area contributed by atoms with Crippen LogP contribution in [-0.2, 0) is 6.42 Å². The lowest BCUT2D eigenvalue weighted by Gasteiger charge is -2.14. The zero-order chi connectivity index (χ0) is 20.4. The van der Waals surface area contributed by atoms with Gasteiger partial charge in [0.05, 0.1) is 18.1 Å². The van der Waals surface area contributed by atoms with Crippen molar-refractivity contribution in [1.29, 1.82) is 0 Å². The first kappa shape index (κ1) is 18.4. The summed E-state index contributed by atoms with van der Waals surface area (Å²) >= 11 is 0. The van der Waals surface area contributed by atoms with Crippen LogP contribution in [0.3, 0.4) is 0 Å². The summed E-state index contributed by atoms with van der Waals surface area (Å²) in [7, 11) is 1.48. The molecule has 0 fully saturated rings. The molecule has 0 unspecified atom stereocenters. The van der Waals surface area contributed by atoms with Crippen LogP contribution < -0.4 is 10.2 Å². The van der Waals surface area contributed by atoms with Crippen LogP contribution in [0.1, 0.15) is 21.5 Å². The molecule has 0 radical (unpaired) electrons. The largest absolute Gasteiger partial charge is 0.496 e. The fourth-order valence-electron chi connectivity index (χ4n) is 3.35. The highest BCUT2D eigenvalue weighted by Crippen LogP contribution is 2.24. The number of carboxylic acids is 1. The minimum atomic E-state index is -1.03. The van der Waals surface area contributed by atoms with E-state index in [1.54, 1.807) is 30.6 Å². The van der Waals surface area contributed by atoms with Crippen LogP contribution in [0.5, 0.6) is 5.75 Å². The van der Waals surface area contributed by atoms with Gasteiger partial charge in [0.15, 0.2) is 5.43 Å². The van der Waals surface area contributed by atoms with E-state index in [0.717, 1.165) is 11.3 Å². The molecule has 144 valence electrons. The van der Waals surface area contributed by atoms with Gasteiger partial charge in [-0.3, -0.25) is 4.79 Å². The van der Waals surface area contributed by atoms with Crippen molar-refractivity contribution in [3.05, 3.63) is 100.0 Å². The molecule has 0 aliphatic rings. The summed E-state index contributed by atoms with van der Waals surface area (Å²) in [4.78, 5) is 28.7. The van der Waals surface area contributed by atoms with Gasteiger partial charge in [-0.1, -0.05) is 24.3 Å². The molecule has 0 spiro atoms. The quantitative estimate of drug-likeness (QED) is 0.566. The molecule has 0 aliphatic carbocycles. The minimum absolute atomic E-state index is 0.107. The third-order valence-electron chi connectivity index (χ3n) is 4.79. The lowest BCUT2D eigenvalue weighted by atomic mass is 10.0. The van der Waals surface area contributed by atoms with Crippen molar-refractivity contribution in [2.75, 3.05) is 7.11 Å². The van der Waals surface area contributed by atoms with Crippen molar-refractivity contribution in [3.8, 4) is 11.4 Å². The number of pyridine rings is 2. The Morgan fingerprint density at radius 1 is 1.07 bits per heavy atom. The lowest BCUT2D eigenvalue weighted by Crippen LogP contribution is -2.15. The number of benzene rings is 2. The van der Waals surface area contributed by atoms with Gasteiger partial charge in [0.1, 0.15) is 11.4 Å². The van der Waals surface area contributed by atoms with Gasteiger partial charge >= 0.3 is 5.97 Å². The zero-order valence-electron chi connectivity index (χ0n) is 15.7. The van der Waals surface area contributed by atoms with Crippen LogP contribution in [-0.4, -0.2) is 27.7 Å². The molecule has 0 saturated heterocycles. The van der Waals surface area contributed by atoms with Crippen molar-refractivity contribution in [3.63, 3.8) is 0 Å². The Labute approximate surface area is 166 Å². The standard InChI is InChI=1S/C23H18N2O4/c1-29-20-13-16(23(27)28)10-9-15(20)12-17-14-25(18-6-3-2-4-7-18)22-19(21(17)26)8-5-11-24-22/h2-11,13-14H,12H2,1H3,(H,27,28). The van der Waals surface area contributed by atoms with Crippen LogP contribution in [0.15, 0.2) is 77.9 Å². The third kappa shape index (κ3) is 3.48. The van der Waals surface area contributed by atoms with Gasteiger partial charge < -0.3 is 14.4 Å². The van der Waals surface area contributed by atoms with Gasteiger partial charge in [0.25, 0.3) is 0 Å². The van der Waals surface area contributed by atoms with Gasteiger partial charge in [-0.05, 0) is 42.0 Å². The normalized spacial score (nSPS) is 10.8. The predicted molar refractivity (Wildman–Crippen MR) is 110 cm³/mol. The Bertz CT molecular complexity index is 1260. The Morgan fingerprint density at radius 2 is 1.86 bits per heavy atom.